The highest BCUT2D eigenvalue weighted by Gasteiger charge is 2.36. The lowest BCUT2D eigenvalue weighted by Gasteiger charge is -2.23. The first kappa shape index (κ1) is 14.7. The summed E-state index contributed by atoms with van der Waals surface area (Å²) in [6, 6.07) is 0. The summed E-state index contributed by atoms with van der Waals surface area (Å²) in [5.74, 6) is -0.452. The number of amides is 2. The van der Waals surface area contributed by atoms with Gasteiger partial charge in [0.15, 0.2) is 0 Å². The summed E-state index contributed by atoms with van der Waals surface area (Å²) in [6.45, 7) is 4.38. The molecule has 1 fully saturated rings. The predicted octanol–water partition coefficient (Wildman–Crippen LogP) is 1.61. The molecule has 0 aromatic rings. The highest BCUT2D eigenvalue weighted by atomic mass is 16.2. The van der Waals surface area contributed by atoms with Crippen molar-refractivity contribution in [2.24, 2.45) is 23.5 Å². The minimum absolute atomic E-state index is 0.0299. The number of nitrogens with two attached hydrogens (primary N) is 1. The molecule has 18 heavy (non-hydrogen) atoms. The summed E-state index contributed by atoms with van der Waals surface area (Å²) in [5.41, 5.74) is 5.46. The molecule has 1 unspecified atom stereocenters. The maximum atomic E-state index is 12.1. The van der Waals surface area contributed by atoms with Gasteiger partial charge >= 0.3 is 0 Å². The lowest BCUT2D eigenvalue weighted by atomic mass is 9.84. The molecule has 0 bridgehead atoms. The smallest absolute Gasteiger partial charge is 0.223 e. The Balaban J connectivity index is 2.74. The van der Waals surface area contributed by atoms with Gasteiger partial charge in [-0.3, -0.25) is 9.59 Å². The number of rotatable bonds is 8. The van der Waals surface area contributed by atoms with Crippen LogP contribution in [0.4, 0.5) is 0 Å². The molecule has 0 aromatic heterocycles. The quantitative estimate of drug-likeness (QED) is 0.644. The van der Waals surface area contributed by atoms with Gasteiger partial charge in [0.2, 0.25) is 11.8 Å². The number of allylic oxidation sites excluding steroid dienone is 2. The molecule has 3 N–H and O–H groups in total. The van der Waals surface area contributed by atoms with Crippen molar-refractivity contribution in [1.29, 1.82) is 0 Å². The minimum atomic E-state index is -0.381. The van der Waals surface area contributed by atoms with Gasteiger partial charge in [0.05, 0.1) is 11.8 Å². The third-order valence-corrected chi connectivity index (χ3v) is 3.45. The average molecular weight is 252 g/mol. The lowest BCUT2D eigenvalue weighted by molar-refractivity contribution is -0.133. The molecule has 2 atom stereocenters. The number of hydrogen-bond donors (Lipinski definition) is 2. The van der Waals surface area contributed by atoms with Crippen LogP contribution in [0.1, 0.15) is 39.5 Å². The Hall–Kier alpha value is -1.32. The first-order valence-electron chi connectivity index (χ1n) is 6.78. The van der Waals surface area contributed by atoms with Gasteiger partial charge in [-0.2, -0.15) is 0 Å². The number of primary amides is 1. The second-order valence-corrected chi connectivity index (χ2v) is 4.99. The van der Waals surface area contributed by atoms with Crippen molar-refractivity contribution < 1.29 is 9.59 Å². The fourth-order valence-corrected chi connectivity index (χ4v) is 2.23. The maximum Gasteiger partial charge on any atom is 0.223 e. The van der Waals surface area contributed by atoms with Crippen LogP contribution in [-0.4, -0.2) is 18.4 Å². The normalized spacial score (nSPS) is 18.6. The summed E-state index contributed by atoms with van der Waals surface area (Å²) >= 11 is 0. The van der Waals surface area contributed by atoms with Crippen molar-refractivity contribution in [3.63, 3.8) is 0 Å². The van der Waals surface area contributed by atoms with E-state index in [1.165, 1.54) is 12.8 Å². The summed E-state index contributed by atoms with van der Waals surface area (Å²) < 4.78 is 0. The Morgan fingerprint density at radius 2 is 2.06 bits per heavy atom. The van der Waals surface area contributed by atoms with E-state index in [0.717, 1.165) is 6.42 Å². The molecule has 0 saturated heterocycles. The molecule has 1 aliphatic carbocycles. The van der Waals surface area contributed by atoms with Crippen molar-refractivity contribution in [2.45, 2.75) is 39.5 Å². The zero-order valence-electron chi connectivity index (χ0n) is 11.3. The van der Waals surface area contributed by atoms with E-state index < -0.39 is 0 Å². The van der Waals surface area contributed by atoms with Crippen LogP contribution >= 0.6 is 0 Å². The molecule has 1 aliphatic rings. The molecule has 1 saturated carbocycles. The fraction of sp³-hybridized carbons (Fsp3) is 0.714. The number of carbonyl (C=O) groups excluding carboxylic acids is 2. The third kappa shape index (κ3) is 4.51. The molecule has 1 rings (SSSR count). The summed E-state index contributed by atoms with van der Waals surface area (Å²) in [4.78, 5) is 23.6. The van der Waals surface area contributed by atoms with E-state index in [1.807, 2.05) is 26.0 Å². The minimum Gasteiger partial charge on any atom is -0.369 e. The van der Waals surface area contributed by atoms with E-state index in [0.29, 0.717) is 18.9 Å². The molecule has 0 aromatic carbocycles. The molecule has 2 amide bonds. The number of hydrogen-bond acceptors (Lipinski definition) is 2. The Bertz CT molecular complexity index is 322. The van der Waals surface area contributed by atoms with E-state index >= 15 is 0 Å². The summed E-state index contributed by atoms with van der Waals surface area (Å²) in [6.07, 6.45) is 7.49. The van der Waals surface area contributed by atoms with Crippen molar-refractivity contribution in [3.8, 4) is 0 Å². The second kappa shape index (κ2) is 7.19. The molecular weight excluding hydrogens is 228 g/mol. The van der Waals surface area contributed by atoms with Crippen LogP contribution in [0, 0.1) is 17.8 Å². The molecular formula is C14H24N2O2. The van der Waals surface area contributed by atoms with Crippen molar-refractivity contribution in [3.05, 3.63) is 12.2 Å². The van der Waals surface area contributed by atoms with Gasteiger partial charge in [-0.25, -0.2) is 0 Å². The van der Waals surface area contributed by atoms with Gasteiger partial charge in [-0.05, 0) is 32.6 Å². The Kier molecular flexibility index (Phi) is 5.89. The van der Waals surface area contributed by atoms with Crippen molar-refractivity contribution in [2.75, 3.05) is 6.54 Å². The number of carbonyl (C=O) groups is 2. The Morgan fingerprint density at radius 3 is 2.50 bits per heavy atom. The first-order chi connectivity index (χ1) is 8.60. The van der Waals surface area contributed by atoms with Crippen molar-refractivity contribution in [1.82, 2.24) is 5.32 Å². The van der Waals surface area contributed by atoms with Gasteiger partial charge in [0.25, 0.3) is 0 Å². The zero-order valence-corrected chi connectivity index (χ0v) is 11.3. The molecule has 0 radical (unpaired) electrons. The zero-order chi connectivity index (χ0) is 13.5. The molecule has 0 heterocycles. The van der Waals surface area contributed by atoms with Crippen LogP contribution in [0.25, 0.3) is 0 Å². The van der Waals surface area contributed by atoms with E-state index in [1.54, 1.807) is 0 Å². The topological polar surface area (TPSA) is 72.2 Å². The largest absolute Gasteiger partial charge is 0.369 e. The van der Waals surface area contributed by atoms with Gasteiger partial charge in [-0.1, -0.05) is 25.0 Å². The van der Waals surface area contributed by atoms with Gasteiger partial charge < -0.3 is 11.1 Å². The van der Waals surface area contributed by atoms with Gasteiger partial charge in [-0.15, -0.1) is 0 Å². The van der Waals surface area contributed by atoms with Crippen LogP contribution < -0.4 is 11.1 Å². The third-order valence-electron chi connectivity index (χ3n) is 3.45. The molecule has 4 heteroatoms. The summed E-state index contributed by atoms with van der Waals surface area (Å²) in [5, 5.41) is 2.82. The molecule has 0 spiro atoms. The van der Waals surface area contributed by atoms with Crippen LogP contribution in [0.2, 0.25) is 0 Å². The average Bonchev–Trinajstić information content (AvgIpc) is 3.11. The molecule has 0 aliphatic heterocycles. The predicted molar refractivity (Wildman–Crippen MR) is 71.6 cm³/mol. The molecule has 102 valence electrons. The van der Waals surface area contributed by atoms with E-state index in [9.17, 15) is 9.59 Å². The van der Waals surface area contributed by atoms with E-state index in [2.05, 4.69) is 5.32 Å². The lowest BCUT2D eigenvalue weighted by Crippen LogP contribution is -2.40. The Morgan fingerprint density at radius 1 is 1.39 bits per heavy atom. The summed E-state index contributed by atoms with van der Waals surface area (Å²) in [7, 11) is 0. The highest BCUT2D eigenvalue weighted by molar-refractivity contribution is 5.87. The second-order valence-electron chi connectivity index (χ2n) is 4.99. The van der Waals surface area contributed by atoms with Crippen LogP contribution in [0.3, 0.4) is 0 Å². The maximum absolute atomic E-state index is 12.1. The number of nitrogens with one attached hydrogen (secondary N) is 1. The monoisotopic (exact) mass is 252 g/mol. The highest BCUT2D eigenvalue weighted by Crippen LogP contribution is 2.38. The van der Waals surface area contributed by atoms with Crippen LogP contribution in [-0.2, 0) is 9.59 Å². The molecule has 4 nitrogen and oxygen atoms in total. The standard InChI is InChI=1S/C14H24N2O2/c1-3-5-6-11(13(15)17)12(9-10-7-8-10)14(18)16-4-2/h3,5,10-12H,4,6-9H2,1-2H3,(H2,15,17)(H,16,18)/b5-3+/t11-,12?/m0/s1. The Labute approximate surface area is 109 Å². The SMILES string of the molecule is C/C=C/C[C@H](C(N)=O)C(CC1CC1)C(=O)NCC. The van der Waals surface area contributed by atoms with Crippen molar-refractivity contribution >= 4 is 11.8 Å². The fourth-order valence-electron chi connectivity index (χ4n) is 2.23. The van der Waals surface area contributed by atoms with E-state index in [-0.39, 0.29) is 23.7 Å². The van der Waals surface area contributed by atoms with E-state index in [4.69, 9.17) is 5.73 Å². The van der Waals surface area contributed by atoms with Gasteiger partial charge in [0.1, 0.15) is 0 Å². The van der Waals surface area contributed by atoms with Crippen LogP contribution in [0.5, 0.6) is 0 Å². The first-order valence-corrected chi connectivity index (χ1v) is 6.78. The van der Waals surface area contributed by atoms with Gasteiger partial charge in [0, 0.05) is 6.54 Å². The van der Waals surface area contributed by atoms with Crippen LogP contribution in [0.15, 0.2) is 12.2 Å².